The molecular formula is C20H17ClF5N3O. The van der Waals surface area contributed by atoms with Crippen molar-refractivity contribution in [3.8, 4) is 0 Å². The number of aliphatic imine (C=N–C) groups is 2. The largest absolute Gasteiger partial charge is 0.417 e. The molecule has 2 aromatic carbocycles. The second-order valence-electron chi connectivity index (χ2n) is 6.77. The lowest BCUT2D eigenvalue weighted by Gasteiger charge is -2.18. The summed E-state index contributed by atoms with van der Waals surface area (Å²) in [5, 5.41) is 11.4. The molecule has 1 aliphatic rings. The molecule has 0 bridgehead atoms. The summed E-state index contributed by atoms with van der Waals surface area (Å²) in [6.07, 6.45) is -4.79. The molecule has 30 heavy (non-hydrogen) atoms. The molecule has 2 aromatic rings. The van der Waals surface area contributed by atoms with E-state index in [0.29, 0.717) is 0 Å². The van der Waals surface area contributed by atoms with Gasteiger partial charge in [0.2, 0.25) is 0 Å². The van der Waals surface area contributed by atoms with Gasteiger partial charge in [0.25, 0.3) is 0 Å². The van der Waals surface area contributed by atoms with Crippen LogP contribution in [0.2, 0.25) is 5.02 Å². The molecule has 0 saturated carbocycles. The van der Waals surface area contributed by atoms with Gasteiger partial charge in [-0.2, -0.15) is 13.2 Å². The number of fused-ring (bicyclic) bond motifs is 1. The van der Waals surface area contributed by atoms with Gasteiger partial charge in [-0.25, -0.2) is 8.78 Å². The van der Waals surface area contributed by atoms with Gasteiger partial charge in [-0.05, 0) is 38.1 Å². The number of aliphatic hydroxyl groups is 1. The van der Waals surface area contributed by atoms with Crippen LogP contribution in [0.3, 0.4) is 0 Å². The first-order chi connectivity index (χ1) is 14.0. The van der Waals surface area contributed by atoms with Crippen LogP contribution >= 0.6 is 11.6 Å². The molecule has 2 N–H and O–H groups in total. The molecule has 0 fully saturated rings. The van der Waals surface area contributed by atoms with Crippen molar-refractivity contribution in [1.29, 1.82) is 0 Å². The third-order valence-electron chi connectivity index (χ3n) is 4.49. The Hall–Kier alpha value is -2.52. The van der Waals surface area contributed by atoms with Crippen molar-refractivity contribution < 1.29 is 27.1 Å². The quantitative estimate of drug-likeness (QED) is 0.648. The molecule has 0 saturated heterocycles. The lowest BCUT2D eigenvalue weighted by atomic mass is 9.97. The molecule has 0 aromatic heterocycles. The summed E-state index contributed by atoms with van der Waals surface area (Å²) in [4.78, 5) is 8.54. The number of nitrogens with zero attached hydrogens (tertiary/aromatic N) is 2. The Balaban J connectivity index is 2.36. The van der Waals surface area contributed by atoms with Gasteiger partial charge < -0.3 is 10.4 Å². The zero-order valence-corrected chi connectivity index (χ0v) is 16.6. The van der Waals surface area contributed by atoms with E-state index in [-0.39, 0.29) is 29.4 Å². The summed E-state index contributed by atoms with van der Waals surface area (Å²) in [5.41, 5.74) is -2.35. The summed E-state index contributed by atoms with van der Waals surface area (Å²) in [6, 6.07) is 3.62. The molecule has 0 aliphatic carbocycles. The third-order valence-corrected chi connectivity index (χ3v) is 4.88. The summed E-state index contributed by atoms with van der Waals surface area (Å²) in [6.45, 7) is 2.89. The van der Waals surface area contributed by atoms with Gasteiger partial charge in [-0.1, -0.05) is 17.7 Å². The van der Waals surface area contributed by atoms with Gasteiger partial charge in [0.05, 0.1) is 40.2 Å². The number of nitrogens with one attached hydrogen (secondary N) is 1. The van der Waals surface area contributed by atoms with Crippen LogP contribution in [-0.2, 0) is 6.18 Å². The fourth-order valence-electron chi connectivity index (χ4n) is 3.02. The van der Waals surface area contributed by atoms with Gasteiger partial charge in [-0.15, -0.1) is 0 Å². The highest BCUT2D eigenvalue weighted by Gasteiger charge is 2.37. The second-order valence-corrected chi connectivity index (χ2v) is 7.15. The molecule has 3 rings (SSSR count). The van der Waals surface area contributed by atoms with Crippen LogP contribution in [-0.4, -0.2) is 35.3 Å². The highest BCUT2D eigenvalue weighted by Crippen LogP contribution is 2.41. The SMILES string of the molecule is CC(CO)N=C1Nc2ccc(C(F)(F)F)c(Cl)c2C(c2c(F)cccc2F)=NC1C. The van der Waals surface area contributed by atoms with Crippen molar-refractivity contribution in [2.24, 2.45) is 9.98 Å². The molecule has 0 radical (unpaired) electrons. The molecule has 10 heteroatoms. The maximum absolute atomic E-state index is 14.5. The number of hydrogen-bond acceptors (Lipinski definition) is 3. The molecule has 1 aliphatic heterocycles. The van der Waals surface area contributed by atoms with Crippen molar-refractivity contribution in [3.63, 3.8) is 0 Å². The van der Waals surface area contributed by atoms with Crippen LogP contribution in [0.4, 0.5) is 27.6 Å². The van der Waals surface area contributed by atoms with Crippen molar-refractivity contribution in [2.45, 2.75) is 32.1 Å². The smallest absolute Gasteiger partial charge is 0.394 e. The highest BCUT2D eigenvalue weighted by molar-refractivity contribution is 6.38. The number of aliphatic hydroxyl groups excluding tert-OH is 1. The number of rotatable bonds is 3. The van der Waals surface area contributed by atoms with Crippen LogP contribution in [0.15, 0.2) is 40.3 Å². The third kappa shape index (κ3) is 4.17. The summed E-state index contributed by atoms with van der Waals surface area (Å²) in [5.74, 6) is -1.78. The lowest BCUT2D eigenvalue weighted by molar-refractivity contribution is -0.137. The minimum absolute atomic E-state index is 0.0580. The zero-order chi connectivity index (χ0) is 22.2. The topological polar surface area (TPSA) is 57.0 Å². The molecule has 0 spiro atoms. The van der Waals surface area contributed by atoms with Crippen LogP contribution in [0.5, 0.6) is 0 Å². The molecule has 2 unspecified atom stereocenters. The maximum atomic E-state index is 14.5. The fraction of sp³-hybridized carbons (Fsp3) is 0.300. The van der Waals surface area contributed by atoms with Crippen molar-refractivity contribution >= 4 is 28.8 Å². The van der Waals surface area contributed by atoms with E-state index in [1.54, 1.807) is 13.8 Å². The Morgan fingerprint density at radius 3 is 2.37 bits per heavy atom. The maximum Gasteiger partial charge on any atom is 0.417 e. The first-order valence-electron chi connectivity index (χ1n) is 8.92. The van der Waals surface area contributed by atoms with Gasteiger partial charge in [0.1, 0.15) is 23.5 Å². The number of anilines is 1. The molecule has 1 heterocycles. The predicted molar refractivity (Wildman–Crippen MR) is 106 cm³/mol. The summed E-state index contributed by atoms with van der Waals surface area (Å²) >= 11 is 6.10. The van der Waals surface area contributed by atoms with E-state index in [4.69, 9.17) is 11.6 Å². The minimum Gasteiger partial charge on any atom is -0.394 e. The molecule has 0 amide bonds. The van der Waals surface area contributed by atoms with E-state index >= 15 is 0 Å². The van der Waals surface area contributed by atoms with E-state index in [0.717, 1.165) is 30.3 Å². The van der Waals surface area contributed by atoms with Crippen LogP contribution in [0.25, 0.3) is 0 Å². The number of amidine groups is 1. The monoisotopic (exact) mass is 445 g/mol. The zero-order valence-electron chi connectivity index (χ0n) is 15.9. The van der Waals surface area contributed by atoms with Crippen LogP contribution in [0, 0.1) is 11.6 Å². The minimum atomic E-state index is -4.79. The molecular weight excluding hydrogens is 429 g/mol. The number of benzodiazepines with no additional fused rings is 1. The normalized spacial score (nSPS) is 19.0. The van der Waals surface area contributed by atoms with Crippen LogP contribution < -0.4 is 5.32 Å². The van der Waals surface area contributed by atoms with Crippen molar-refractivity contribution in [3.05, 3.63) is 63.7 Å². The average Bonchev–Trinajstić information content (AvgIpc) is 2.78. The summed E-state index contributed by atoms with van der Waals surface area (Å²) < 4.78 is 69.4. The fourth-order valence-corrected chi connectivity index (χ4v) is 3.39. The lowest BCUT2D eigenvalue weighted by Crippen LogP contribution is -2.26. The van der Waals surface area contributed by atoms with Gasteiger partial charge >= 0.3 is 6.18 Å². The van der Waals surface area contributed by atoms with Crippen molar-refractivity contribution in [1.82, 2.24) is 0 Å². The second kappa shape index (κ2) is 8.31. The Kier molecular flexibility index (Phi) is 6.14. The highest BCUT2D eigenvalue weighted by atomic mass is 35.5. The van der Waals surface area contributed by atoms with Gasteiger partial charge in [0.15, 0.2) is 0 Å². The van der Waals surface area contributed by atoms with Crippen molar-refractivity contribution in [2.75, 3.05) is 11.9 Å². The predicted octanol–water partition coefficient (Wildman–Crippen LogP) is 5.07. The molecule has 4 nitrogen and oxygen atoms in total. The first-order valence-corrected chi connectivity index (χ1v) is 9.30. The van der Waals surface area contributed by atoms with Gasteiger partial charge in [0, 0.05) is 5.56 Å². The Morgan fingerprint density at radius 2 is 1.80 bits per heavy atom. The average molecular weight is 446 g/mol. The summed E-state index contributed by atoms with van der Waals surface area (Å²) in [7, 11) is 0. The number of benzene rings is 2. The first kappa shape index (κ1) is 22.2. The Bertz CT molecular complexity index is 1020. The molecule has 160 valence electrons. The van der Waals surface area contributed by atoms with E-state index in [2.05, 4.69) is 15.3 Å². The number of alkyl halides is 3. The molecule has 2 atom stereocenters. The van der Waals surface area contributed by atoms with E-state index in [9.17, 15) is 27.1 Å². The Morgan fingerprint density at radius 1 is 1.17 bits per heavy atom. The number of hydrogen-bond donors (Lipinski definition) is 2. The van der Waals surface area contributed by atoms with E-state index < -0.39 is 46.0 Å². The van der Waals surface area contributed by atoms with Gasteiger partial charge in [-0.3, -0.25) is 9.98 Å². The van der Waals surface area contributed by atoms with E-state index in [1.165, 1.54) is 0 Å². The Labute approximate surface area is 174 Å². The standard InChI is InChI=1S/C20H17ClF5N3O/c1-9(8-30)27-19-10(2)28-18(15-12(22)4-3-5-13(15)23)16-14(29-19)7-6-11(17(16)21)20(24,25)26/h3-7,9-10,30H,8H2,1-2H3,(H,27,29). The van der Waals surface area contributed by atoms with Crippen LogP contribution in [0.1, 0.15) is 30.5 Å². The van der Waals surface area contributed by atoms with E-state index in [1.807, 2.05) is 0 Å². The number of halogens is 6.